The normalized spacial score (nSPS) is 11.0. The molecule has 0 saturated heterocycles. The molecule has 2 N–H and O–H groups in total. The molecule has 0 bridgehead atoms. The molecule has 7 heteroatoms. The van der Waals surface area contributed by atoms with Crippen molar-refractivity contribution >= 4 is 10.0 Å². The third-order valence-electron chi connectivity index (χ3n) is 2.76. The molecule has 0 saturated carbocycles. The second kappa shape index (κ2) is 6.54. The SMILES string of the molecule is Cn1nccc1S(=O)(=O)NCc1cccc(C#CCO)c1. The van der Waals surface area contributed by atoms with Crippen molar-refractivity contribution in [2.75, 3.05) is 6.61 Å². The van der Waals surface area contributed by atoms with Crippen molar-refractivity contribution in [3.8, 4) is 11.8 Å². The number of aromatic nitrogens is 2. The van der Waals surface area contributed by atoms with E-state index in [4.69, 9.17) is 5.11 Å². The lowest BCUT2D eigenvalue weighted by molar-refractivity contribution is 0.350. The Hall–Kier alpha value is -2.14. The van der Waals surface area contributed by atoms with Gasteiger partial charge in [-0.2, -0.15) is 5.10 Å². The van der Waals surface area contributed by atoms with Crippen LogP contribution in [0.25, 0.3) is 0 Å². The average molecular weight is 305 g/mol. The zero-order valence-electron chi connectivity index (χ0n) is 11.4. The lowest BCUT2D eigenvalue weighted by atomic mass is 10.1. The number of nitrogens with zero attached hydrogens (tertiary/aromatic N) is 2. The van der Waals surface area contributed by atoms with E-state index in [1.165, 1.54) is 16.9 Å². The van der Waals surface area contributed by atoms with Crippen LogP contribution < -0.4 is 4.72 Å². The molecule has 21 heavy (non-hydrogen) atoms. The molecule has 1 heterocycles. The van der Waals surface area contributed by atoms with Crippen molar-refractivity contribution in [2.45, 2.75) is 11.6 Å². The molecule has 0 aliphatic carbocycles. The minimum absolute atomic E-state index is 0.110. The molecule has 0 amide bonds. The second-order valence-electron chi connectivity index (χ2n) is 4.28. The summed E-state index contributed by atoms with van der Waals surface area (Å²) in [6.07, 6.45) is 1.43. The molecule has 0 spiro atoms. The van der Waals surface area contributed by atoms with Gasteiger partial charge < -0.3 is 5.11 Å². The van der Waals surface area contributed by atoms with Crippen LogP contribution in [0.15, 0.2) is 41.6 Å². The Morgan fingerprint density at radius 1 is 1.38 bits per heavy atom. The van der Waals surface area contributed by atoms with Gasteiger partial charge in [-0.25, -0.2) is 13.1 Å². The van der Waals surface area contributed by atoms with E-state index in [-0.39, 0.29) is 18.2 Å². The molecular formula is C14H15N3O3S. The van der Waals surface area contributed by atoms with Crippen LogP contribution in [0.5, 0.6) is 0 Å². The fourth-order valence-electron chi connectivity index (χ4n) is 1.78. The Balaban J connectivity index is 2.11. The van der Waals surface area contributed by atoms with E-state index in [2.05, 4.69) is 21.7 Å². The number of hydrogen-bond acceptors (Lipinski definition) is 4. The Morgan fingerprint density at radius 3 is 2.86 bits per heavy atom. The van der Waals surface area contributed by atoms with E-state index >= 15 is 0 Å². The highest BCUT2D eigenvalue weighted by atomic mass is 32.2. The molecule has 0 radical (unpaired) electrons. The van der Waals surface area contributed by atoms with E-state index in [0.717, 1.165) is 11.1 Å². The molecule has 2 rings (SSSR count). The summed E-state index contributed by atoms with van der Waals surface area (Å²) in [5, 5.41) is 12.6. The number of aliphatic hydroxyl groups is 1. The summed E-state index contributed by atoms with van der Waals surface area (Å²) >= 11 is 0. The zero-order valence-corrected chi connectivity index (χ0v) is 12.3. The number of rotatable bonds is 4. The molecule has 0 fully saturated rings. The third-order valence-corrected chi connectivity index (χ3v) is 4.23. The van der Waals surface area contributed by atoms with Crippen LogP contribution >= 0.6 is 0 Å². The fraction of sp³-hybridized carbons (Fsp3) is 0.214. The Labute approximate surface area is 123 Å². The minimum atomic E-state index is -3.60. The van der Waals surface area contributed by atoms with Crippen molar-refractivity contribution in [3.63, 3.8) is 0 Å². The molecule has 1 aromatic carbocycles. The van der Waals surface area contributed by atoms with Crippen molar-refractivity contribution in [2.24, 2.45) is 7.05 Å². The van der Waals surface area contributed by atoms with Gasteiger partial charge in [-0.15, -0.1) is 0 Å². The quantitative estimate of drug-likeness (QED) is 0.793. The molecule has 6 nitrogen and oxygen atoms in total. The van der Waals surface area contributed by atoms with E-state index in [9.17, 15) is 8.42 Å². The average Bonchev–Trinajstić information content (AvgIpc) is 2.91. The van der Waals surface area contributed by atoms with Gasteiger partial charge in [-0.3, -0.25) is 4.68 Å². The predicted octanol–water partition coefficient (Wildman–Crippen LogP) is 0.242. The Morgan fingerprint density at radius 2 is 2.19 bits per heavy atom. The molecule has 1 aromatic heterocycles. The van der Waals surface area contributed by atoms with Crippen LogP contribution in [0.4, 0.5) is 0 Å². The number of hydrogen-bond donors (Lipinski definition) is 2. The first-order chi connectivity index (χ1) is 10.0. The number of sulfonamides is 1. The van der Waals surface area contributed by atoms with Crippen LogP contribution in [-0.4, -0.2) is 29.9 Å². The second-order valence-corrected chi connectivity index (χ2v) is 5.99. The molecule has 2 aromatic rings. The van der Waals surface area contributed by atoms with Crippen molar-refractivity contribution in [1.29, 1.82) is 0 Å². The van der Waals surface area contributed by atoms with Gasteiger partial charge in [0.15, 0.2) is 5.03 Å². The number of aryl methyl sites for hydroxylation is 1. The Kier molecular flexibility index (Phi) is 4.75. The molecule has 0 aliphatic heterocycles. The highest BCUT2D eigenvalue weighted by molar-refractivity contribution is 7.89. The van der Waals surface area contributed by atoms with E-state index < -0.39 is 10.0 Å². The topological polar surface area (TPSA) is 84.2 Å². The molecule has 0 aliphatic rings. The summed E-state index contributed by atoms with van der Waals surface area (Å²) in [6, 6.07) is 8.59. The minimum Gasteiger partial charge on any atom is -0.384 e. The maximum Gasteiger partial charge on any atom is 0.258 e. The van der Waals surface area contributed by atoms with Crippen LogP contribution in [0, 0.1) is 11.8 Å². The van der Waals surface area contributed by atoms with Crippen LogP contribution in [0.3, 0.4) is 0 Å². The van der Waals surface area contributed by atoms with Gasteiger partial charge in [0.1, 0.15) is 6.61 Å². The van der Waals surface area contributed by atoms with Gasteiger partial charge in [-0.1, -0.05) is 24.0 Å². The van der Waals surface area contributed by atoms with E-state index in [1.807, 2.05) is 0 Å². The largest absolute Gasteiger partial charge is 0.384 e. The number of nitrogens with one attached hydrogen (secondary N) is 1. The Bertz CT molecular complexity index is 785. The zero-order chi connectivity index (χ0) is 15.3. The lowest BCUT2D eigenvalue weighted by Crippen LogP contribution is -2.25. The maximum atomic E-state index is 12.1. The van der Waals surface area contributed by atoms with Crippen molar-refractivity contribution in [1.82, 2.24) is 14.5 Å². The molecular weight excluding hydrogens is 290 g/mol. The van der Waals surface area contributed by atoms with Gasteiger partial charge in [0.05, 0.1) is 6.20 Å². The first kappa shape index (κ1) is 15.3. The third kappa shape index (κ3) is 3.92. The summed E-state index contributed by atoms with van der Waals surface area (Å²) in [4.78, 5) is 0. The molecule has 110 valence electrons. The standard InChI is InChI=1S/C14H15N3O3S/c1-17-14(7-8-15-17)21(19,20)16-11-13-5-2-4-12(10-13)6-3-9-18/h2,4-5,7-8,10,16,18H,9,11H2,1H3. The lowest BCUT2D eigenvalue weighted by Gasteiger charge is -2.07. The first-order valence-electron chi connectivity index (χ1n) is 6.19. The summed E-state index contributed by atoms with van der Waals surface area (Å²) < 4.78 is 28.0. The van der Waals surface area contributed by atoms with Gasteiger partial charge in [0, 0.05) is 19.2 Å². The van der Waals surface area contributed by atoms with Crippen LogP contribution in [0.2, 0.25) is 0 Å². The van der Waals surface area contributed by atoms with Gasteiger partial charge >= 0.3 is 0 Å². The maximum absolute atomic E-state index is 12.1. The molecule has 0 unspecified atom stereocenters. The van der Waals surface area contributed by atoms with E-state index in [0.29, 0.717) is 0 Å². The number of benzene rings is 1. The monoisotopic (exact) mass is 305 g/mol. The summed E-state index contributed by atoms with van der Waals surface area (Å²) in [5.41, 5.74) is 1.51. The van der Waals surface area contributed by atoms with Crippen LogP contribution in [0.1, 0.15) is 11.1 Å². The summed E-state index contributed by atoms with van der Waals surface area (Å²) in [6.45, 7) is -0.0560. The van der Waals surface area contributed by atoms with E-state index in [1.54, 1.807) is 31.3 Å². The van der Waals surface area contributed by atoms with Gasteiger partial charge in [0.2, 0.25) is 0 Å². The van der Waals surface area contributed by atoms with Crippen LogP contribution in [-0.2, 0) is 23.6 Å². The summed E-state index contributed by atoms with van der Waals surface area (Å²) in [5.74, 6) is 5.33. The summed E-state index contributed by atoms with van der Waals surface area (Å²) in [7, 11) is -2.03. The predicted molar refractivity (Wildman–Crippen MR) is 77.6 cm³/mol. The van der Waals surface area contributed by atoms with Gasteiger partial charge in [0.25, 0.3) is 10.0 Å². The highest BCUT2D eigenvalue weighted by Gasteiger charge is 2.17. The first-order valence-corrected chi connectivity index (χ1v) is 7.67. The number of aliphatic hydroxyl groups excluding tert-OH is 1. The smallest absolute Gasteiger partial charge is 0.258 e. The molecule has 0 atom stereocenters. The van der Waals surface area contributed by atoms with Gasteiger partial charge in [-0.05, 0) is 23.8 Å². The fourth-order valence-corrected chi connectivity index (χ4v) is 2.92. The highest BCUT2D eigenvalue weighted by Crippen LogP contribution is 2.09. The van der Waals surface area contributed by atoms with Crippen molar-refractivity contribution in [3.05, 3.63) is 47.7 Å². The van der Waals surface area contributed by atoms with Crippen molar-refractivity contribution < 1.29 is 13.5 Å².